The molecule has 1 aromatic carbocycles. The number of hydrogen-bond acceptors (Lipinski definition) is 5. The van der Waals surface area contributed by atoms with E-state index in [1.54, 1.807) is 31.2 Å². The molecular weight excluding hydrogens is 351 g/mol. The highest BCUT2D eigenvalue weighted by Crippen LogP contribution is 2.30. The van der Waals surface area contributed by atoms with Crippen molar-refractivity contribution in [3.05, 3.63) is 48.2 Å². The number of aromatic nitrogens is 1. The number of carbonyl (C=O) groups excluding carboxylic acids is 1. The van der Waals surface area contributed by atoms with Crippen LogP contribution < -0.4 is 9.47 Å². The molecule has 0 saturated carbocycles. The van der Waals surface area contributed by atoms with Crippen LogP contribution in [0.25, 0.3) is 0 Å². The lowest BCUT2D eigenvalue weighted by atomic mass is 10.1. The number of Topliss-reactive ketones (excluding diaryl/α,β-unsaturated/α-hetero) is 1. The summed E-state index contributed by atoms with van der Waals surface area (Å²) in [6, 6.07) is 8.22. The Kier molecular flexibility index (Phi) is 6.20. The van der Waals surface area contributed by atoms with Gasteiger partial charge in [0.05, 0.1) is 11.7 Å². The number of alkyl halides is 3. The molecular formula is C18H18F3NO4. The minimum absolute atomic E-state index is 0.00194. The third kappa shape index (κ3) is 5.73. The molecule has 0 saturated heterocycles. The van der Waals surface area contributed by atoms with Crippen LogP contribution in [0.5, 0.6) is 17.4 Å². The second-order valence-corrected chi connectivity index (χ2v) is 5.74. The molecule has 8 heteroatoms. The third-order valence-corrected chi connectivity index (χ3v) is 3.37. The molecule has 2 atom stereocenters. The summed E-state index contributed by atoms with van der Waals surface area (Å²) in [5, 5.41) is 9.21. The maximum atomic E-state index is 12.5. The molecule has 0 bridgehead atoms. The lowest BCUT2D eigenvalue weighted by Gasteiger charge is -2.15. The molecule has 0 aliphatic heterocycles. The number of ketones is 1. The monoisotopic (exact) mass is 369 g/mol. The lowest BCUT2D eigenvalue weighted by Crippen LogP contribution is -2.26. The number of benzene rings is 1. The van der Waals surface area contributed by atoms with Gasteiger partial charge in [-0.2, -0.15) is 13.2 Å². The Balaban J connectivity index is 1.96. The molecule has 26 heavy (non-hydrogen) atoms. The fourth-order valence-electron chi connectivity index (χ4n) is 2.04. The van der Waals surface area contributed by atoms with Crippen LogP contribution in [0.1, 0.15) is 25.8 Å². The van der Waals surface area contributed by atoms with E-state index in [9.17, 15) is 23.1 Å². The molecule has 2 rings (SSSR count). The molecule has 140 valence electrons. The fraction of sp³-hybridized carbons (Fsp3) is 0.333. The van der Waals surface area contributed by atoms with Gasteiger partial charge in [-0.05, 0) is 44.2 Å². The molecule has 1 N–H and O–H groups in total. The number of carbonyl (C=O) groups is 1. The smallest absolute Gasteiger partial charge is 0.417 e. The molecule has 1 aromatic heterocycles. The summed E-state index contributed by atoms with van der Waals surface area (Å²) in [6.45, 7) is 3.10. The van der Waals surface area contributed by atoms with Crippen molar-refractivity contribution in [3.63, 3.8) is 0 Å². The fourth-order valence-corrected chi connectivity index (χ4v) is 2.04. The zero-order valence-electron chi connectivity index (χ0n) is 14.2. The maximum absolute atomic E-state index is 12.5. The van der Waals surface area contributed by atoms with Gasteiger partial charge in [0.2, 0.25) is 5.88 Å². The van der Waals surface area contributed by atoms with Crippen molar-refractivity contribution in [2.45, 2.75) is 38.7 Å². The first-order chi connectivity index (χ1) is 12.1. The van der Waals surface area contributed by atoms with Gasteiger partial charge >= 0.3 is 6.18 Å². The van der Waals surface area contributed by atoms with Crippen LogP contribution >= 0.6 is 0 Å². The van der Waals surface area contributed by atoms with Gasteiger partial charge in [0, 0.05) is 18.7 Å². The highest BCUT2D eigenvalue weighted by Gasteiger charge is 2.30. The van der Waals surface area contributed by atoms with Crippen molar-refractivity contribution in [1.29, 1.82) is 0 Å². The largest absolute Gasteiger partial charge is 0.483 e. The minimum atomic E-state index is -4.45. The van der Waals surface area contributed by atoms with Crippen molar-refractivity contribution in [1.82, 2.24) is 4.98 Å². The molecule has 0 radical (unpaired) electrons. The normalized spacial score (nSPS) is 13.8. The van der Waals surface area contributed by atoms with Gasteiger partial charge in [0.15, 0.2) is 11.9 Å². The van der Waals surface area contributed by atoms with Crippen molar-refractivity contribution in [2.75, 3.05) is 0 Å². The van der Waals surface area contributed by atoms with Crippen molar-refractivity contribution < 1.29 is 32.5 Å². The first kappa shape index (κ1) is 19.7. The molecule has 1 heterocycles. The van der Waals surface area contributed by atoms with Crippen LogP contribution in [0.15, 0.2) is 42.6 Å². The maximum Gasteiger partial charge on any atom is 0.417 e. The van der Waals surface area contributed by atoms with E-state index in [1.807, 2.05) is 0 Å². The van der Waals surface area contributed by atoms with E-state index in [2.05, 4.69) is 4.98 Å². The summed E-state index contributed by atoms with van der Waals surface area (Å²) in [5.41, 5.74) is -0.857. The minimum Gasteiger partial charge on any atom is -0.483 e. The zero-order valence-corrected chi connectivity index (χ0v) is 14.2. The second-order valence-electron chi connectivity index (χ2n) is 5.74. The van der Waals surface area contributed by atoms with Crippen molar-refractivity contribution in [3.8, 4) is 17.4 Å². The van der Waals surface area contributed by atoms with Crippen molar-refractivity contribution >= 4 is 5.78 Å². The number of rotatable bonds is 7. The predicted octanol–water partition coefficient (Wildman–Crippen LogP) is 4.00. The Labute approximate surface area is 148 Å². The molecule has 0 fully saturated rings. The van der Waals surface area contributed by atoms with Gasteiger partial charge in [-0.25, -0.2) is 4.98 Å². The topological polar surface area (TPSA) is 68.7 Å². The molecule has 0 amide bonds. The van der Waals surface area contributed by atoms with E-state index in [0.29, 0.717) is 17.7 Å². The molecule has 0 aliphatic rings. The highest BCUT2D eigenvalue weighted by molar-refractivity contribution is 5.83. The first-order valence-corrected chi connectivity index (χ1v) is 7.84. The van der Waals surface area contributed by atoms with Gasteiger partial charge in [0.25, 0.3) is 0 Å². The zero-order chi connectivity index (χ0) is 19.3. The Morgan fingerprint density at radius 3 is 2.23 bits per heavy atom. The van der Waals surface area contributed by atoms with E-state index in [-0.39, 0.29) is 18.1 Å². The number of nitrogens with zero attached hydrogens (tertiary/aromatic N) is 1. The van der Waals surface area contributed by atoms with E-state index in [0.717, 1.165) is 12.1 Å². The van der Waals surface area contributed by atoms with E-state index in [4.69, 9.17) is 9.47 Å². The number of aliphatic hydroxyl groups excluding tert-OH is 1. The Hall–Kier alpha value is -2.61. The van der Waals surface area contributed by atoms with E-state index in [1.165, 1.54) is 6.92 Å². The number of hydrogen-bond donors (Lipinski definition) is 1. The molecule has 5 nitrogen and oxygen atoms in total. The molecule has 2 aromatic rings. The van der Waals surface area contributed by atoms with Gasteiger partial charge in [-0.3, -0.25) is 4.79 Å². The number of aliphatic hydroxyl groups is 1. The number of pyridine rings is 1. The molecule has 0 spiro atoms. The van der Waals surface area contributed by atoms with Crippen LogP contribution in [0.3, 0.4) is 0 Å². The summed E-state index contributed by atoms with van der Waals surface area (Å²) < 4.78 is 48.3. The Morgan fingerprint density at radius 2 is 1.73 bits per heavy atom. The summed E-state index contributed by atoms with van der Waals surface area (Å²) >= 11 is 0. The molecule has 0 aliphatic carbocycles. The van der Waals surface area contributed by atoms with Gasteiger partial charge in [0.1, 0.15) is 11.5 Å². The van der Waals surface area contributed by atoms with E-state index >= 15 is 0 Å². The summed E-state index contributed by atoms with van der Waals surface area (Å²) in [5.74, 6) is 0.568. The third-order valence-electron chi connectivity index (χ3n) is 3.37. The number of halogens is 3. The van der Waals surface area contributed by atoms with Gasteiger partial charge < -0.3 is 14.6 Å². The first-order valence-electron chi connectivity index (χ1n) is 7.84. The standard InChI is InChI=1S/C18H18F3NO4/c1-11(23)9-16(24)12(2)25-14-4-6-15(7-5-14)26-17-8-3-13(10-22-17)18(19,20)21/h3-8,10-12,23H,9H2,1-2H3. The summed E-state index contributed by atoms with van der Waals surface area (Å²) in [6.07, 6.45) is -5.20. The second kappa shape index (κ2) is 8.18. The quantitative estimate of drug-likeness (QED) is 0.799. The highest BCUT2D eigenvalue weighted by atomic mass is 19.4. The van der Waals surface area contributed by atoms with E-state index < -0.39 is 23.9 Å². The van der Waals surface area contributed by atoms with Crippen LogP contribution in [0, 0.1) is 0 Å². The Morgan fingerprint density at radius 1 is 1.12 bits per heavy atom. The lowest BCUT2D eigenvalue weighted by molar-refractivity contribution is -0.137. The predicted molar refractivity (Wildman–Crippen MR) is 87.1 cm³/mol. The van der Waals surface area contributed by atoms with Crippen LogP contribution in [0.2, 0.25) is 0 Å². The summed E-state index contributed by atoms with van der Waals surface area (Å²) in [7, 11) is 0. The molecule has 2 unspecified atom stereocenters. The SMILES string of the molecule is CC(O)CC(=O)C(C)Oc1ccc(Oc2ccc(C(F)(F)F)cn2)cc1. The number of ether oxygens (including phenoxy) is 2. The average molecular weight is 369 g/mol. The van der Waals surface area contributed by atoms with Gasteiger partial charge in [-0.1, -0.05) is 0 Å². The average Bonchev–Trinajstić information content (AvgIpc) is 2.55. The van der Waals surface area contributed by atoms with Gasteiger partial charge in [-0.15, -0.1) is 0 Å². The van der Waals surface area contributed by atoms with Crippen LogP contribution in [-0.4, -0.2) is 28.1 Å². The van der Waals surface area contributed by atoms with Crippen LogP contribution in [0.4, 0.5) is 13.2 Å². The Bertz CT molecular complexity index is 728. The van der Waals surface area contributed by atoms with Crippen molar-refractivity contribution in [2.24, 2.45) is 0 Å². The summed E-state index contributed by atoms with van der Waals surface area (Å²) in [4.78, 5) is 15.4. The van der Waals surface area contributed by atoms with Crippen LogP contribution in [-0.2, 0) is 11.0 Å².